The van der Waals surface area contributed by atoms with Gasteiger partial charge in [0.25, 0.3) is 0 Å². The first-order valence-corrected chi connectivity index (χ1v) is 11.4. The number of hydrogen-bond acceptors (Lipinski definition) is 8. The quantitative estimate of drug-likeness (QED) is 0.414. The third-order valence-electron chi connectivity index (χ3n) is 6.43. The molecule has 6 rings (SSSR count). The van der Waals surface area contributed by atoms with E-state index in [0.29, 0.717) is 23.2 Å². The summed E-state index contributed by atoms with van der Waals surface area (Å²) in [7, 11) is 1.69. The second kappa shape index (κ2) is 8.38. The molecule has 0 aliphatic carbocycles. The smallest absolute Gasteiger partial charge is 0.225 e. The molecule has 2 N–H and O–H groups in total. The van der Waals surface area contributed by atoms with Crippen molar-refractivity contribution in [2.45, 2.75) is 6.54 Å². The molecule has 34 heavy (non-hydrogen) atoms. The Morgan fingerprint density at radius 1 is 0.971 bits per heavy atom. The van der Waals surface area contributed by atoms with Gasteiger partial charge in [-0.05, 0) is 42.5 Å². The van der Waals surface area contributed by atoms with E-state index in [4.69, 9.17) is 14.9 Å². The average Bonchev–Trinajstić information content (AvgIpc) is 3.63. The second-order valence-corrected chi connectivity index (χ2v) is 8.39. The molecule has 0 atom stereocenters. The van der Waals surface area contributed by atoms with Gasteiger partial charge in [-0.25, -0.2) is 4.98 Å². The predicted octanol–water partition coefficient (Wildman–Crippen LogP) is 2.75. The summed E-state index contributed by atoms with van der Waals surface area (Å²) in [5.41, 5.74) is 8.97. The molecule has 174 valence electrons. The van der Waals surface area contributed by atoms with Crippen LogP contribution in [-0.2, 0) is 6.54 Å². The van der Waals surface area contributed by atoms with Crippen LogP contribution in [0.4, 0.5) is 11.6 Å². The van der Waals surface area contributed by atoms with Crippen LogP contribution in [-0.4, -0.2) is 68.9 Å². The number of benzene rings is 1. The Hall–Kier alpha value is -4.05. The fourth-order valence-electron chi connectivity index (χ4n) is 4.53. The summed E-state index contributed by atoms with van der Waals surface area (Å²) < 4.78 is 14.4. The summed E-state index contributed by atoms with van der Waals surface area (Å²) in [5.74, 6) is 2.29. The van der Waals surface area contributed by atoms with Gasteiger partial charge in [0.15, 0.2) is 11.4 Å². The van der Waals surface area contributed by atoms with Crippen LogP contribution in [0, 0.1) is 0 Å². The Kier molecular flexibility index (Phi) is 5.06. The molecule has 1 aromatic carbocycles. The molecule has 0 unspecified atom stereocenters. The molecule has 0 amide bonds. The van der Waals surface area contributed by atoms with Gasteiger partial charge in [-0.2, -0.15) is 9.50 Å². The summed E-state index contributed by atoms with van der Waals surface area (Å²) in [6.07, 6.45) is 3.65. The standard InChI is InChI=1S/C24H26N8O2/c1-33-18-6-4-17(5-7-18)30-13-10-29(11-14-30)12-15-31-9-8-19-22(31)27-24(25)32-23(19)26-21(28-32)20-3-2-16-34-20/h2-9,16H,10-15H2,1H3,(H2,25,27). The van der Waals surface area contributed by atoms with Crippen LogP contribution in [0.25, 0.3) is 28.3 Å². The predicted molar refractivity (Wildman–Crippen MR) is 130 cm³/mol. The minimum absolute atomic E-state index is 0.306. The fourth-order valence-corrected chi connectivity index (χ4v) is 4.53. The molecule has 1 fully saturated rings. The fraction of sp³-hybridized carbons (Fsp3) is 0.292. The third-order valence-corrected chi connectivity index (χ3v) is 6.43. The van der Waals surface area contributed by atoms with Crippen molar-refractivity contribution in [3.63, 3.8) is 0 Å². The van der Waals surface area contributed by atoms with Crippen LogP contribution in [0.3, 0.4) is 0 Å². The molecule has 0 radical (unpaired) electrons. The molecule has 5 heterocycles. The zero-order valence-corrected chi connectivity index (χ0v) is 19.0. The van der Waals surface area contributed by atoms with Gasteiger partial charge >= 0.3 is 0 Å². The van der Waals surface area contributed by atoms with Crippen LogP contribution < -0.4 is 15.4 Å². The lowest BCUT2D eigenvalue weighted by molar-refractivity contribution is 0.249. The van der Waals surface area contributed by atoms with E-state index in [1.807, 2.05) is 36.5 Å². The first-order chi connectivity index (χ1) is 16.7. The first kappa shape index (κ1) is 20.5. The van der Waals surface area contributed by atoms with Crippen LogP contribution in [0.5, 0.6) is 5.75 Å². The van der Waals surface area contributed by atoms with E-state index in [0.717, 1.165) is 56.1 Å². The highest BCUT2D eigenvalue weighted by Gasteiger charge is 2.19. The molecular weight excluding hydrogens is 432 g/mol. The molecule has 0 spiro atoms. The van der Waals surface area contributed by atoms with E-state index in [9.17, 15) is 0 Å². The van der Waals surface area contributed by atoms with Crippen molar-refractivity contribution in [3.8, 4) is 17.3 Å². The van der Waals surface area contributed by atoms with Crippen molar-refractivity contribution in [2.75, 3.05) is 50.5 Å². The number of rotatable bonds is 6. The SMILES string of the molecule is COc1ccc(N2CCN(CCn3ccc4c3nc(N)n3nc(-c5ccco5)nc43)CC2)cc1. The number of nitrogens with two attached hydrogens (primary N) is 1. The Balaban J connectivity index is 1.15. The number of nitrogen functional groups attached to an aromatic ring is 1. The largest absolute Gasteiger partial charge is 0.497 e. The Morgan fingerprint density at radius 3 is 2.53 bits per heavy atom. The van der Waals surface area contributed by atoms with Crippen molar-refractivity contribution < 1.29 is 9.15 Å². The van der Waals surface area contributed by atoms with Gasteiger partial charge in [0.05, 0.1) is 18.8 Å². The number of hydrogen-bond donors (Lipinski definition) is 1. The van der Waals surface area contributed by atoms with E-state index >= 15 is 0 Å². The zero-order chi connectivity index (χ0) is 23.1. The summed E-state index contributed by atoms with van der Waals surface area (Å²) in [4.78, 5) is 14.2. The van der Waals surface area contributed by atoms with E-state index in [1.165, 1.54) is 5.69 Å². The number of ether oxygens (including phenoxy) is 1. The monoisotopic (exact) mass is 458 g/mol. The Morgan fingerprint density at radius 2 is 1.79 bits per heavy atom. The number of piperazine rings is 1. The topological polar surface area (TPSA) is 103 Å². The molecule has 10 nitrogen and oxygen atoms in total. The first-order valence-electron chi connectivity index (χ1n) is 11.4. The van der Waals surface area contributed by atoms with Gasteiger partial charge < -0.3 is 24.4 Å². The minimum Gasteiger partial charge on any atom is -0.497 e. The maximum atomic E-state index is 6.23. The Bertz CT molecular complexity index is 1410. The third kappa shape index (κ3) is 3.61. The maximum absolute atomic E-state index is 6.23. The van der Waals surface area contributed by atoms with Gasteiger partial charge in [-0.3, -0.25) is 4.90 Å². The summed E-state index contributed by atoms with van der Waals surface area (Å²) in [6.45, 7) is 5.80. The lowest BCUT2D eigenvalue weighted by Gasteiger charge is -2.36. The summed E-state index contributed by atoms with van der Waals surface area (Å²) in [5, 5.41) is 5.39. The molecule has 4 aromatic heterocycles. The molecule has 1 saturated heterocycles. The lowest BCUT2D eigenvalue weighted by Crippen LogP contribution is -2.47. The van der Waals surface area contributed by atoms with Gasteiger partial charge in [-0.15, -0.1) is 5.10 Å². The number of aromatic nitrogens is 5. The molecule has 0 saturated carbocycles. The van der Waals surface area contributed by atoms with Gasteiger partial charge in [0, 0.05) is 51.2 Å². The maximum Gasteiger partial charge on any atom is 0.225 e. The normalized spacial score (nSPS) is 14.9. The molecular formula is C24H26N8O2. The highest BCUT2D eigenvalue weighted by molar-refractivity contribution is 5.91. The van der Waals surface area contributed by atoms with Crippen molar-refractivity contribution in [2.24, 2.45) is 0 Å². The number of nitrogens with zero attached hydrogens (tertiary/aromatic N) is 7. The van der Waals surface area contributed by atoms with Crippen molar-refractivity contribution in [1.29, 1.82) is 0 Å². The second-order valence-electron chi connectivity index (χ2n) is 8.39. The van der Waals surface area contributed by atoms with Crippen molar-refractivity contribution in [3.05, 3.63) is 54.9 Å². The van der Waals surface area contributed by atoms with E-state index in [1.54, 1.807) is 17.9 Å². The van der Waals surface area contributed by atoms with Gasteiger partial charge in [0.2, 0.25) is 11.8 Å². The minimum atomic E-state index is 0.306. The number of anilines is 2. The van der Waals surface area contributed by atoms with E-state index in [-0.39, 0.29) is 0 Å². The van der Waals surface area contributed by atoms with Gasteiger partial charge in [0.1, 0.15) is 11.4 Å². The van der Waals surface area contributed by atoms with E-state index in [2.05, 4.69) is 41.6 Å². The molecule has 5 aromatic rings. The zero-order valence-electron chi connectivity index (χ0n) is 19.0. The molecule has 1 aliphatic heterocycles. The summed E-state index contributed by atoms with van der Waals surface area (Å²) in [6, 6.07) is 13.9. The average molecular weight is 459 g/mol. The van der Waals surface area contributed by atoms with Crippen molar-refractivity contribution >= 4 is 28.3 Å². The number of methoxy groups -OCH3 is 1. The highest BCUT2D eigenvalue weighted by Crippen LogP contribution is 2.25. The van der Waals surface area contributed by atoms with Crippen LogP contribution >= 0.6 is 0 Å². The Labute approximate surface area is 196 Å². The van der Waals surface area contributed by atoms with E-state index < -0.39 is 0 Å². The summed E-state index contributed by atoms with van der Waals surface area (Å²) >= 11 is 0. The number of fused-ring (bicyclic) bond motifs is 3. The van der Waals surface area contributed by atoms with Crippen molar-refractivity contribution in [1.82, 2.24) is 29.0 Å². The van der Waals surface area contributed by atoms with Gasteiger partial charge in [-0.1, -0.05) is 0 Å². The van der Waals surface area contributed by atoms with Crippen LogP contribution in [0.1, 0.15) is 0 Å². The van der Waals surface area contributed by atoms with Crippen LogP contribution in [0.2, 0.25) is 0 Å². The lowest BCUT2D eigenvalue weighted by atomic mass is 10.2. The molecule has 1 aliphatic rings. The number of furan rings is 1. The van der Waals surface area contributed by atoms with Crippen LogP contribution in [0.15, 0.2) is 59.3 Å². The molecule has 10 heteroatoms. The highest BCUT2D eigenvalue weighted by atomic mass is 16.5. The molecule has 0 bridgehead atoms.